The average Bonchev–Trinajstić information content (AvgIpc) is 3.10. The number of nitrogens with zero attached hydrogens (tertiary/aromatic N) is 6. The van der Waals surface area contributed by atoms with Gasteiger partial charge in [-0.15, -0.1) is 11.3 Å². The van der Waals surface area contributed by atoms with Gasteiger partial charge in [-0.25, -0.2) is 15.0 Å². The SMILES string of the molecule is CN(Cc1nc2ccccc2s1)c1ncnc2c1cnn2C. The fraction of sp³-hybridized carbons (Fsp3) is 0.200. The van der Waals surface area contributed by atoms with Crippen LogP contribution in [0.15, 0.2) is 36.8 Å². The molecule has 0 unspecified atom stereocenters. The van der Waals surface area contributed by atoms with E-state index in [4.69, 9.17) is 0 Å². The van der Waals surface area contributed by atoms with Gasteiger partial charge in [0.1, 0.15) is 17.2 Å². The molecule has 0 N–H and O–H groups in total. The third-order valence-corrected chi connectivity index (χ3v) is 4.60. The predicted molar refractivity (Wildman–Crippen MR) is 88.0 cm³/mol. The Morgan fingerprint density at radius 1 is 1.23 bits per heavy atom. The van der Waals surface area contributed by atoms with Gasteiger partial charge < -0.3 is 4.90 Å². The smallest absolute Gasteiger partial charge is 0.163 e. The minimum atomic E-state index is 0.709. The summed E-state index contributed by atoms with van der Waals surface area (Å²) in [6.45, 7) is 0.709. The lowest BCUT2D eigenvalue weighted by Crippen LogP contribution is -2.18. The molecular weight excluding hydrogens is 296 g/mol. The van der Waals surface area contributed by atoms with Crippen molar-refractivity contribution < 1.29 is 0 Å². The van der Waals surface area contributed by atoms with Crippen molar-refractivity contribution in [3.05, 3.63) is 41.8 Å². The zero-order valence-electron chi connectivity index (χ0n) is 12.3. The summed E-state index contributed by atoms with van der Waals surface area (Å²) in [5.41, 5.74) is 1.88. The number of thiazole rings is 1. The van der Waals surface area contributed by atoms with Gasteiger partial charge in [0.2, 0.25) is 0 Å². The maximum atomic E-state index is 4.68. The molecule has 0 saturated carbocycles. The van der Waals surface area contributed by atoms with Crippen molar-refractivity contribution in [2.45, 2.75) is 6.54 Å². The first-order chi connectivity index (χ1) is 10.7. The minimum Gasteiger partial charge on any atom is -0.352 e. The normalized spacial score (nSPS) is 11.4. The van der Waals surface area contributed by atoms with Crippen LogP contribution < -0.4 is 4.90 Å². The molecule has 22 heavy (non-hydrogen) atoms. The fourth-order valence-corrected chi connectivity index (χ4v) is 3.54. The summed E-state index contributed by atoms with van der Waals surface area (Å²) in [7, 11) is 3.90. The van der Waals surface area contributed by atoms with Crippen LogP contribution in [0.1, 0.15) is 5.01 Å². The van der Waals surface area contributed by atoms with Crippen molar-refractivity contribution in [2.24, 2.45) is 7.05 Å². The Morgan fingerprint density at radius 3 is 2.95 bits per heavy atom. The second kappa shape index (κ2) is 5.03. The molecule has 0 saturated heterocycles. The van der Waals surface area contributed by atoms with Crippen molar-refractivity contribution in [3.8, 4) is 0 Å². The predicted octanol–water partition coefficient (Wildman–Crippen LogP) is 2.61. The topological polar surface area (TPSA) is 59.7 Å². The molecule has 1 aromatic carbocycles. The number of aryl methyl sites for hydroxylation is 1. The van der Waals surface area contributed by atoms with Crippen molar-refractivity contribution in [1.82, 2.24) is 24.7 Å². The molecule has 0 aliphatic rings. The maximum absolute atomic E-state index is 4.68. The summed E-state index contributed by atoms with van der Waals surface area (Å²) in [6.07, 6.45) is 3.38. The Labute approximate surface area is 131 Å². The second-order valence-electron chi connectivity index (χ2n) is 5.13. The Kier molecular flexibility index (Phi) is 3.00. The van der Waals surface area contributed by atoms with Gasteiger partial charge >= 0.3 is 0 Å². The Balaban J connectivity index is 1.69. The summed E-state index contributed by atoms with van der Waals surface area (Å²) < 4.78 is 2.96. The molecule has 7 heteroatoms. The van der Waals surface area contributed by atoms with Gasteiger partial charge in [-0.1, -0.05) is 12.1 Å². The lowest BCUT2D eigenvalue weighted by atomic mass is 10.3. The summed E-state index contributed by atoms with van der Waals surface area (Å²) in [5, 5.41) is 6.28. The van der Waals surface area contributed by atoms with Gasteiger partial charge in [0.25, 0.3) is 0 Å². The highest BCUT2D eigenvalue weighted by molar-refractivity contribution is 7.18. The van der Waals surface area contributed by atoms with E-state index < -0.39 is 0 Å². The molecule has 6 nitrogen and oxygen atoms in total. The van der Waals surface area contributed by atoms with E-state index in [1.54, 1.807) is 28.5 Å². The molecule has 0 bridgehead atoms. The van der Waals surface area contributed by atoms with Gasteiger partial charge in [0.05, 0.1) is 28.3 Å². The van der Waals surface area contributed by atoms with E-state index in [1.807, 2.05) is 32.3 Å². The number of aromatic nitrogens is 5. The fourth-order valence-electron chi connectivity index (χ4n) is 2.52. The number of hydrogen-bond donors (Lipinski definition) is 0. The molecule has 0 spiro atoms. The summed E-state index contributed by atoms with van der Waals surface area (Å²) in [4.78, 5) is 15.4. The van der Waals surface area contributed by atoms with Gasteiger partial charge in [-0.2, -0.15) is 5.10 Å². The minimum absolute atomic E-state index is 0.709. The number of fused-ring (bicyclic) bond motifs is 2. The zero-order chi connectivity index (χ0) is 15.1. The standard InChI is InChI=1S/C15H14N6S/c1-20(8-13-19-11-5-3-4-6-12(11)22-13)14-10-7-18-21(2)15(10)17-9-16-14/h3-7,9H,8H2,1-2H3. The highest BCUT2D eigenvalue weighted by Gasteiger charge is 2.13. The van der Waals surface area contributed by atoms with Crippen LogP contribution in [0, 0.1) is 0 Å². The third-order valence-electron chi connectivity index (χ3n) is 3.58. The van der Waals surface area contributed by atoms with Crippen LogP contribution in [0.25, 0.3) is 21.3 Å². The van der Waals surface area contributed by atoms with Crippen LogP contribution in [-0.2, 0) is 13.6 Å². The number of rotatable bonds is 3. The molecule has 0 aliphatic carbocycles. The Hall–Kier alpha value is -2.54. The van der Waals surface area contributed by atoms with E-state index in [1.165, 1.54) is 4.70 Å². The van der Waals surface area contributed by atoms with E-state index in [-0.39, 0.29) is 0 Å². The van der Waals surface area contributed by atoms with Crippen LogP contribution in [-0.4, -0.2) is 31.8 Å². The number of anilines is 1. The van der Waals surface area contributed by atoms with Crippen LogP contribution in [0.2, 0.25) is 0 Å². The lowest BCUT2D eigenvalue weighted by Gasteiger charge is -2.16. The number of benzene rings is 1. The number of para-hydroxylation sites is 1. The average molecular weight is 310 g/mol. The molecule has 0 amide bonds. The highest BCUT2D eigenvalue weighted by atomic mass is 32.1. The first-order valence-electron chi connectivity index (χ1n) is 6.90. The van der Waals surface area contributed by atoms with Crippen molar-refractivity contribution >= 4 is 38.4 Å². The van der Waals surface area contributed by atoms with Crippen molar-refractivity contribution in [1.29, 1.82) is 0 Å². The molecule has 4 aromatic rings. The molecule has 3 aromatic heterocycles. The Morgan fingerprint density at radius 2 is 2.09 bits per heavy atom. The monoisotopic (exact) mass is 310 g/mol. The summed E-state index contributed by atoms with van der Waals surface area (Å²) >= 11 is 1.71. The van der Waals surface area contributed by atoms with Crippen LogP contribution in [0.4, 0.5) is 5.82 Å². The van der Waals surface area contributed by atoms with E-state index in [9.17, 15) is 0 Å². The van der Waals surface area contributed by atoms with Crippen molar-refractivity contribution in [2.75, 3.05) is 11.9 Å². The van der Waals surface area contributed by atoms with Crippen LogP contribution in [0.5, 0.6) is 0 Å². The first-order valence-corrected chi connectivity index (χ1v) is 7.72. The van der Waals surface area contributed by atoms with Gasteiger partial charge in [-0.05, 0) is 12.1 Å². The van der Waals surface area contributed by atoms with Crippen LogP contribution >= 0.6 is 11.3 Å². The zero-order valence-corrected chi connectivity index (χ0v) is 13.1. The molecular formula is C15H14N6S. The van der Waals surface area contributed by atoms with Gasteiger partial charge in [-0.3, -0.25) is 4.68 Å². The maximum Gasteiger partial charge on any atom is 0.163 e. The van der Waals surface area contributed by atoms with E-state index >= 15 is 0 Å². The molecule has 0 radical (unpaired) electrons. The molecule has 110 valence electrons. The van der Waals surface area contributed by atoms with Gasteiger partial charge in [0, 0.05) is 14.1 Å². The molecule has 3 heterocycles. The largest absolute Gasteiger partial charge is 0.352 e. The number of hydrogen-bond acceptors (Lipinski definition) is 6. The highest BCUT2D eigenvalue weighted by Crippen LogP contribution is 2.26. The van der Waals surface area contributed by atoms with Crippen molar-refractivity contribution in [3.63, 3.8) is 0 Å². The molecule has 4 rings (SSSR count). The quantitative estimate of drug-likeness (QED) is 0.582. The van der Waals surface area contributed by atoms with Crippen LogP contribution in [0.3, 0.4) is 0 Å². The van der Waals surface area contributed by atoms with E-state index in [2.05, 4.69) is 31.0 Å². The lowest BCUT2D eigenvalue weighted by molar-refractivity contribution is 0.785. The summed E-state index contributed by atoms with van der Waals surface area (Å²) in [6, 6.07) is 8.19. The van der Waals surface area contributed by atoms with E-state index in [0.717, 1.165) is 27.4 Å². The van der Waals surface area contributed by atoms with E-state index in [0.29, 0.717) is 6.54 Å². The second-order valence-corrected chi connectivity index (χ2v) is 6.25. The third kappa shape index (κ3) is 2.10. The molecule has 0 aliphatic heterocycles. The molecule has 0 atom stereocenters. The first kappa shape index (κ1) is 13.1. The van der Waals surface area contributed by atoms with Gasteiger partial charge in [0.15, 0.2) is 5.65 Å². The molecule has 0 fully saturated rings. The Bertz CT molecular complexity index is 924. The summed E-state index contributed by atoms with van der Waals surface area (Å²) in [5.74, 6) is 0.873.